The number of benzene rings is 2. The Morgan fingerprint density at radius 2 is 1.70 bits per heavy atom. The Morgan fingerprint density at radius 1 is 1.04 bits per heavy atom. The number of fused-ring (bicyclic) bond motifs is 1. The summed E-state index contributed by atoms with van der Waals surface area (Å²) in [5.74, 6) is -1.35. The number of para-hydroxylation sites is 2. The van der Waals surface area contributed by atoms with E-state index in [0.717, 1.165) is 0 Å². The lowest BCUT2D eigenvalue weighted by atomic mass is 10.2. The summed E-state index contributed by atoms with van der Waals surface area (Å²) in [7, 11) is -3.76. The third-order valence-corrected chi connectivity index (χ3v) is 4.97. The molecule has 0 saturated carbocycles. The lowest BCUT2D eigenvalue weighted by Crippen LogP contribution is -2.17. The minimum atomic E-state index is -3.76. The van der Waals surface area contributed by atoms with E-state index < -0.39 is 22.4 Å². The zero-order valence-corrected chi connectivity index (χ0v) is 12.9. The van der Waals surface area contributed by atoms with Gasteiger partial charge in [-0.15, -0.1) is 0 Å². The standard InChI is InChI=1S/C16H14N2O4S/c19-15(20)10-18-14-9-5-4-8-13(14)17-16(18)23(21,22)11-12-6-2-1-3-7-12/h1-9H,10-11H2,(H,19,20). The molecule has 0 atom stereocenters. The van der Waals surface area contributed by atoms with Crippen molar-refractivity contribution in [2.45, 2.75) is 17.5 Å². The predicted octanol–water partition coefficient (Wildman–Crippen LogP) is 2.09. The number of aliphatic carboxylic acids is 1. The van der Waals surface area contributed by atoms with Crippen LogP contribution in [-0.4, -0.2) is 29.0 Å². The van der Waals surface area contributed by atoms with Gasteiger partial charge < -0.3 is 9.67 Å². The Kier molecular flexibility index (Phi) is 3.87. The third kappa shape index (κ3) is 3.09. The van der Waals surface area contributed by atoms with Crippen molar-refractivity contribution in [2.24, 2.45) is 0 Å². The third-order valence-electron chi connectivity index (χ3n) is 3.39. The van der Waals surface area contributed by atoms with Crippen LogP contribution in [0.3, 0.4) is 0 Å². The number of carbonyl (C=O) groups is 1. The summed E-state index contributed by atoms with van der Waals surface area (Å²) < 4.78 is 26.6. The number of sulfone groups is 1. The van der Waals surface area contributed by atoms with E-state index in [9.17, 15) is 13.2 Å². The van der Waals surface area contributed by atoms with Crippen molar-refractivity contribution in [2.75, 3.05) is 0 Å². The highest BCUT2D eigenvalue weighted by Gasteiger charge is 2.25. The van der Waals surface area contributed by atoms with Crippen molar-refractivity contribution in [3.63, 3.8) is 0 Å². The molecular formula is C16H14N2O4S. The maximum absolute atomic E-state index is 12.7. The maximum atomic E-state index is 12.7. The second-order valence-electron chi connectivity index (χ2n) is 5.11. The van der Waals surface area contributed by atoms with Crippen molar-refractivity contribution < 1.29 is 18.3 Å². The van der Waals surface area contributed by atoms with Crippen LogP contribution in [0.2, 0.25) is 0 Å². The summed E-state index contributed by atoms with van der Waals surface area (Å²) in [6.45, 7) is -0.454. The molecule has 7 heteroatoms. The Labute approximate surface area is 132 Å². The van der Waals surface area contributed by atoms with Gasteiger partial charge in [0.25, 0.3) is 0 Å². The highest BCUT2D eigenvalue weighted by atomic mass is 32.2. The Morgan fingerprint density at radius 3 is 2.39 bits per heavy atom. The molecule has 0 spiro atoms. The molecule has 0 aliphatic carbocycles. The average molecular weight is 330 g/mol. The molecule has 0 saturated heterocycles. The number of carboxylic acid groups (broad SMARTS) is 1. The highest BCUT2D eigenvalue weighted by Crippen LogP contribution is 2.22. The highest BCUT2D eigenvalue weighted by molar-refractivity contribution is 7.90. The van der Waals surface area contributed by atoms with Crippen LogP contribution in [0.4, 0.5) is 0 Å². The normalized spacial score (nSPS) is 11.7. The summed E-state index contributed by atoms with van der Waals surface area (Å²) >= 11 is 0. The van der Waals surface area contributed by atoms with Gasteiger partial charge in [0.1, 0.15) is 6.54 Å². The van der Waals surface area contributed by atoms with E-state index in [2.05, 4.69) is 4.98 Å². The van der Waals surface area contributed by atoms with Crippen molar-refractivity contribution in [1.82, 2.24) is 9.55 Å². The van der Waals surface area contributed by atoms with Gasteiger partial charge in [0.05, 0.1) is 16.8 Å². The summed E-state index contributed by atoms with van der Waals surface area (Å²) in [4.78, 5) is 15.2. The van der Waals surface area contributed by atoms with Crippen LogP contribution in [0.15, 0.2) is 59.8 Å². The van der Waals surface area contributed by atoms with Crippen LogP contribution in [0.1, 0.15) is 5.56 Å². The summed E-state index contributed by atoms with van der Waals surface area (Å²) in [5, 5.41) is 8.86. The van der Waals surface area contributed by atoms with Gasteiger partial charge in [0.2, 0.25) is 15.0 Å². The molecule has 1 heterocycles. The molecular weight excluding hydrogens is 316 g/mol. The molecule has 0 amide bonds. The van der Waals surface area contributed by atoms with Crippen molar-refractivity contribution >= 4 is 26.8 Å². The SMILES string of the molecule is O=C(O)Cn1c(S(=O)(=O)Cc2ccccc2)nc2ccccc21. The summed E-state index contributed by atoms with van der Waals surface area (Å²) in [6.07, 6.45) is 0. The van der Waals surface area contributed by atoms with Gasteiger partial charge in [-0.3, -0.25) is 4.79 Å². The fraction of sp³-hybridized carbons (Fsp3) is 0.125. The van der Waals surface area contributed by atoms with E-state index in [4.69, 9.17) is 5.11 Å². The van der Waals surface area contributed by atoms with E-state index >= 15 is 0 Å². The number of aromatic nitrogens is 2. The lowest BCUT2D eigenvalue weighted by molar-refractivity contribution is -0.137. The van der Waals surface area contributed by atoms with Crippen molar-refractivity contribution in [3.8, 4) is 0 Å². The molecule has 3 aromatic rings. The van der Waals surface area contributed by atoms with Crippen molar-refractivity contribution in [1.29, 1.82) is 0 Å². The summed E-state index contributed by atoms with van der Waals surface area (Å²) in [5.41, 5.74) is 1.57. The molecule has 0 fully saturated rings. The second-order valence-corrected chi connectivity index (χ2v) is 6.99. The molecule has 0 radical (unpaired) electrons. The quantitative estimate of drug-likeness (QED) is 0.774. The number of hydrogen-bond donors (Lipinski definition) is 1. The minimum absolute atomic E-state index is 0.218. The molecule has 2 aromatic carbocycles. The lowest BCUT2D eigenvalue weighted by Gasteiger charge is -2.07. The first-order chi connectivity index (χ1) is 11.0. The van der Waals surface area contributed by atoms with Crippen LogP contribution in [0, 0.1) is 0 Å². The van der Waals surface area contributed by atoms with Gasteiger partial charge in [-0.25, -0.2) is 13.4 Å². The molecule has 118 valence electrons. The molecule has 6 nitrogen and oxygen atoms in total. The predicted molar refractivity (Wildman–Crippen MR) is 84.7 cm³/mol. The monoisotopic (exact) mass is 330 g/mol. The molecule has 1 N–H and O–H groups in total. The van der Waals surface area contributed by atoms with Crippen LogP contribution in [0.25, 0.3) is 11.0 Å². The van der Waals surface area contributed by atoms with Gasteiger partial charge in [-0.1, -0.05) is 42.5 Å². The van der Waals surface area contributed by atoms with Gasteiger partial charge >= 0.3 is 5.97 Å². The zero-order chi connectivity index (χ0) is 16.4. The molecule has 0 unspecified atom stereocenters. The number of hydrogen-bond acceptors (Lipinski definition) is 4. The average Bonchev–Trinajstić information content (AvgIpc) is 2.87. The first-order valence-corrected chi connectivity index (χ1v) is 8.56. The fourth-order valence-corrected chi connectivity index (χ4v) is 3.93. The largest absolute Gasteiger partial charge is 0.480 e. The number of imidazole rings is 1. The molecule has 0 bridgehead atoms. The Hall–Kier alpha value is -2.67. The first-order valence-electron chi connectivity index (χ1n) is 6.91. The molecule has 0 aliphatic heterocycles. The number of rotatable bonds is 5. The van der Waals surface area contributed by atoms with Crippen LogP contribution in [-0.2, 0) is 26.9 Å². The van der Waals surface area contributed by atoms with Crippen molar-refractivity contribution in [3.05, 3.63) is 60.2 Å². The first kappa shape index (κ1) is 15.2. The van der Waals surface area contributed by atoms with Gasteiger partial charge in [0.15, 0.2) is 0 Å². The maximum Gasteiger partial charge on any atom is 0.323 e. The second kappa shape index (κ2) is 5.85. The van der Waals surface area contributed by atoms with E-state index in [-0.39, 0.29) is 10.9 Å². The van der Waals surface area contributed by atoms with Gasteiger partial charge in [0, 0.05) is 0 Å². The zero-order valence-electron chi connectivity index (χ0n) is 12.1. The van der Waals surface area contributed by atoms with E-state index in [1.165, 1.54) is 4.57 Å². The molecule has 1 aromatic heterocycles. The van der Waals surface area contributed by atoms with Crippen LogP contribution in [0.5, 0.6) is 0 Å². The fourth-order valence-electron chi connectivity index (χ4n) is 2.44. The number of carboxylic acids is 1. The van der Waals surface area contributed by atoms with Gasteiger partial charge in [-0.2, -0.15) is 0 Å². The summed E-state index contributed by atoms with van der Waals surface area (Å²) in [6, 6.07) is 15.5. The molecule has 23 heavy (non-hydrogen) atoms. The Bertz CT molecular complexity index is 962. The number of nitrogens with zero attached hydrogens (tertiary/aromatic N) is 2. The van der Waals surface area contributed by atoms with E-state index in [0.29, 0.717) is 16.6 Å². The van der Waals surface area contributed by atoms with Crippen LogP contribution >= 0.6 is 0 Å². The molecule has 3 rings (SSSR count). The smallest absolute Gasteiger partial charge is 0.323 e. The topological polar surface area (TPSA) is 89.3 Å². The minimum Gasteiger partial charge on any atom is -0.480 e. The Balaban J connectivity index is 2.12. The molecule has 0 aliphatic rings. The van der Waals surface area contributed by atoms with Crippen LogP contribution < -0.4 is 0 Å². The van der Waals surface area contributed by atoms with Gasteiger partial charge in [-0.05, 0) is 17.7 Å². The van der Waals surface area contributed by atoms with E-state index in [1.54, 1.807) is 54.6 Å². The van der Waals surface area contributed by atoms with E-state index in [1.807, 2.05) is 0 Å².